The molecular weight excluding hydrogens is 350 g/mol. The molecule has 4 saturated carbocycles. The van der Waals surface area contributed by atoms with E-state index in [1.54, 1.807) is 11.2 Å². The molecule has 7 rings (SSSR count). The number of amides is 1. The molecule has 2 heterocycles. The summed E-state index contributed by atoms with van der Waals surface area (Å²) in [5, 5.41) is 3.74. The maximum atomic E-state index is 12.8. The fourth-order valence-electron chi connectivity index (χ4n) is 6.41. The molecule has 0 saturated heterocycles. The Hall–Kier alpha value is -2.63. The van der Waals surface area contributed by atoms with Crippen LogP contribution < -0.4 is 5.32 Å². The molecule has 0 radical (unpaired) electrons. The van der Waals surface area contributed by atoms with Crippen LogP contribution in [0.3, 0.4) is 0 Å². The third-order valence-electron chi connectivity index (χ3n) is 7.23. The lowest BCUT2D eigenvalue weighted by molar-refractivity contribution is -0.121. The lowest BCUT2D eigenvalue weighted by Crippen LogP contribution is -2.61. The van der Waals surface area contributed by atoms with E-state index in [-0.39, 0.29) is 11.4 Å². The van der Waals surface area contributed by atoms with E-state index in [2.05, 4.69) is 15.3 Å². The smallest absolute Gasteiger partial charge is 0.279 e. The van der Waals surface area contributed by atoms with Gasteiger partial charge in [0.25, 0.3) is 5.91 Å². The Labute approximate surface area is 164 Å². The van der Waals surface area contributed by atoms with Crippen molar-refractivity contribution in [2.45, 2.75) is 44.1 Å². The first-order valence-corrected chi connectivity index (χ1v) is 10.4. The van der Waals surface area contributed by atoms with Gasteiger partial charge in [0.1, 0.15) is 5.70 Å². The molecule has 6 nitrogen and oxygen atoms in total. The summed E-state index contributed by atoms with van der Waals surface area (Å²) in [6, 6.07) is 5.95. The molecule has 0 atom stereocenters. The van der Waals surface area contributed by atoms with Gasteiger partial charge >= 0.3 is 0 Å². The van der Waals surface area contributed by atoms with Gasteiger partial charge in [0.2, 0.25) is 5.96 Å². The SMILES string of the molecule is CN1C(=O)/C(=C/c2ccc3[nH]cnc3c2)N=C1NC12CC3CC(CC(C3)C1)C2. The van der Waals surface area contributed by atoms with E-state index in [0.717, 1.165) is 40.3 Å². The molecule has 28 heavy (non-hydrogen) atoms. The van der Waals surface area contributed by atoms with Crippen molar-refractivity contribution in [1.82, 2.24) is 20.2 Å². The minimum atomic E-state index is -0.0469. The van der Waals surface area contributed by atoms with Crippen LogP contribution in [-0.2, 0) is 4.79 Å². The van der Waals surface area contributed by atoms with Crippen LogP contribution in [0.15, 0.2) is 35.2 Å². The fraction of sp³-hybridized carbons (Fsp3) is 0.500. The van der Waals surface area contributed by atoms with Crippen molar-refractivity contribution in [2.75, 3.05) is 7.05 Å². The quantitative estimate of drug-likeness (QED) is 0.791. The van der Waals surface area contributed by atoms with Gasteiger partial charge in [0.15, 0.2) is 0 Å². The number of benzene rings is 1. The number of guanidine groups is 1. The zero-order valence-corrected chi connectivity index (χ0v) is 16.1. The Morgan fingerprint density at radius 1 is 1.18 bits per heavy atom. The number of imidazole rings is 1. The summed E-state index contributed by atoms with van der Waals surface area (Å²) in [6.07, 6.45) is 11.5. The number of carbonyl (C=O) groups excluding carboxylic acids is 1. The lowest BCUT2D eigenvalue weighted by atomic mass is 9.53. The Morgan fingerprint density at radius 3 is 2.61 bits per heavy atom. The summed E-state index contributed by atoms with van der Waals surface area (Å²) in [4.78, 5) is 26.6. The number of fused-ring (bicyclic) bond motifs is 1. The van der Waals surface area contributed by atoms with E-state index < -0.39 is 0 Å². The van der Waals surface area contributed by atoms with E-state index in [1.807, 2.05) is 31.3 Å². The first-order chi connectivity index (χ1) is 13.6. The van der Waals surface area contributed by atoms with Crippen LogP contribution in [0.4, 0.5) is 0 Å². The molecule has 5 aliphatic rings. The predicted octanol–water partition coefficient (Wildman–Crippen LogP) is 3.29. The molecule has 0 spiro atoms. The molecular formula is C22H25N5O. The number of hydrogen-bond donors (Lipinski definition) is 2. The van der Waals surface area contributed by atoms with E-state index >= 15 is 0 Å². The lowest BCUT2D eigenvalue weighted by Gasteiger charge is -2.57. The average Bonchev–Trinajstić information content (AvgIpc) is 3.21. The molecule has 144 valence electrons. The number of H-pyrrole nitrogens is 1. The van der Waals surface area contributed by atoms with Gasteiger partial charge in [-0.05, 0) is 80.1 Å². The number of aromatic nitrogens is 2. The van der Waals surface area contributed by atoms with Gasteiger partial charge in [-0.15, -0.1) is 0 Å². The van der Waals surface area contributed by atoms with Gasteiger partial charge < -0.3 is 10.3 Å². The van der Waals surface area contributed by atoms with Crippen molar-refractivity contribution >= 4 is 29.0 Å². The zero-order chi connectivity index (χ0) is 18.9. The molecule has 1 amide bonds. The van der Waals surface area contributed by atoms with Gasteiger partial charge in [-0.3, -0.25) is 9.69 Å². The Balaban J connectivity index is 1.29. The summed E-state index contributed by atoms with van der Waals surface area (Å²) in [5.74, 6) is 3.25. The Morgan fingerprint density at radius 2 is 1.89 bits per heavy atom. The van der Waals surface area contributed by atoms with Crippen LogP contribution in [0.2, 0.25) is 0 Å². The highest BCUT2D eigenvalue weighted by Crippen LogP contribution is 2.55. The molecule has 4 aliphatic carbocycles. The van der Waals surface area contributed by atoms with Crippen molar-refractivity contribution < 1.29 is 4.79 Å². The number of nitrogens with zero attached hydrogens (tertiary/aromatic N) is 3. The highest BCUT2D eigenvalue weighted by atomic mass is 16.2. The van der Waals surface area contributed by atoms with E-state index in [1.165, 1.54) is 38.5 Å². The summed E-state index contributed by atoms with van der Waals surface area (Å²) in [7, 11) is 1.83. The number of hydrogen-bond acceptors (Lipinski definition) is 4. The van der Waals surface area contributed by atoms with Crippen molar-refractivity contribution in [3.05, 3.63) is 35.8 Å². The minimum absolute atomic E-state index is 0.0469. The summed E-state index contributed by atoms with van der Waals surface area (Å²) < 4.78 is 0. The number of carbonyl (C=O) groups is 1. The van der Waals surface area contributed by atoms with Gasteiger partial charge in [-0.2, -0.15) is 0 Å². The van der Waals surface area contributed by atoms with Crippen molar-refractivity contribution in [3.8, 4) is 0 Å². The van der Waals surface area contributed by atoms with Gasteiger partial charge in [-0.1, -0.05) is 6.07 Å². The maximum Gasteiger partial charge on any atom is 0.279 e. The van der Waals surface area contributed by atoms with E-state index in [0.29, 0.717) is 5.70 Å². The predicted molar refractivity (Wildman–Crippen MR) is 108 cm³/mol. The van der Waals surface area contributed by atoms with Crippen molar-refractivity contribution in [3.63, 3.8) is 0 Å². The largest absolute Gasteiger partial charge is 0.350 e. The monoisotopic (exact) mass is 375 g/mol. The minimum Gasteiger partial charge on any atom is -0.350 e. The van der Waals surface area contributed by atoms with E-state index in [4.69, 9.17) is 4.99 Å². The van der Waals surface area contributed by atoms with E-state index in [9.17, 15) is 4.79 Å². The topological polar surface area (TPSA) is 73.4 Å². The number of aromatic amines is 1. The second kappa shape index (κ2) is 5.69. The Kier molecular flexibility index (Phi) is 3.32. The first kappa shape index (κ1) is 16.3. The molecule has 6 heteroatoms. The normalized spacial score (nSPS) is 35.2. The van der Waals surface area contributed by atoms with Gasteiger partial charge in [0.05, 0.1) is 17.4 Å². The second-order valence-electron chi connectivity index (χ2n) is 9.33. The first-order valence-electron chi connectivity index (χ1n) is 10.4. The van der Waals surface area contributed by atoms with Crippen LogP contribution in [0.1, 0.15) is 44.1 Å². The van der Waals surface area contributed by atoms with Gasteiger partial charge in [-0.25, -0.2) is 9.98 Å². The number of likely N-dealkylation sites (N-methyl/N-ethyl adjacent to an activating group) is 1. The van der Waals surface area contributed by atoms with Crippen LogP contribution in [-0.4, -0.2) is 39.3 Å². The molecule has 2 N–H and O–H groups in total. The summed E-state index contributed by atoms with van der Waals surface area (Å²) >= 11 is 0. The zero-order valence-electron chi connectivity index (χ0n) is 16.1. The Bertz CT molecular complexity index is 997. The third kappa shape index (κ3) is 2.50. The number of nitrogens with one attached hydrogen (secondary N) is 2. The molecule has 4 bridgehead atoms. The summed E-state index contributed by atoms with van der Waals surface area (Å²) in [6.45, 7) is 0. The maximum absolute atomic E-state index is 12.8. The highest BCUT2D eigenvalue weighted by molar-refractivity contribution is 6.13. The average molecular weight is 375 g/mol. The molecule has 1 aromatic heterocycles. The van der Waals surface area contributed by atoms with Gasteiger partial charge in [0, 0.05) is 12.6 Å². The molecule has 1 aromatic carbocycles. The second-order valence-corrected chi connectivity index (χ2v) is 9.33. The molecule has 1 aliphatic heterocycles. The van der Waals surface area contributed by atoms with Crippen molar-refractivity contribution in [1.29, 1.82) is 0 Å². The summed E-state index contributed by atoms with van der Waals surface area (Å²) in [5.41, 5.74) is 3.46. The van der Waals surface area contributed by atoms with Crippen LogP contribution in [0, 0.1) is 17.8 Å². The fourth-order valence-corrected chi connectivity index (χ4v) is 6.41. The third-order valence-corrected chi connectivity index (χ3v) is 7.23. The molecule has 0 unspecified atom stereocenters. The molecule has 2 aromatic rings. The van der Waals surface area contributed by atoms with Crippen LogP contribution >= 0.6 is 0 Å². The van der Waals surface area contributed by atoms with Crippen LogP contribution in [0.25, 0.3) is 17.1 Å². The van der Waals surface area contributed by atoms with Crippen LogP contribution in [0.5, 0.6) is 0 Å². The molecule has 4 fully saturated rings. The number of aliphatic imine (C=N–C) groups is 1. The standard InChI is InChI=1S/C22H25N5O/c1-27-20(28)19(8-13-2-3-17-18(7-13)24-12-23-17)25-21(27)26-22-9-14-4-15(10-22)6-16(5-14)11-22/h2-3,7-8,12,14-16H,4-6,9-11H2,1H3,(H,23,24)(H,25,26)/b19-8-. The number of rotatable bonds is 2. The van der Waals surface area contributed by atoms with Crippen molar-refractivity contribution in [2.24, 2.45) is 22.7 Å². The highest BCUT2D eigenvalue weighted by Gasteiger charge is 2.52.